The van der Waals surface area contributed by atoms with Crippen LogP contribution in [0.1, 0.15) is 5.56 Å². The fraction of sp³-hybridized carbons (Fsp3) is 0.0952. The van der Waals surface area contributed by atoms with Crippen molar-refractivity contribution in [2.45, 2.75) is 6.54 Å². The average molecular weight is 392 g/mol. The van der Waals surface area contributed by atoms with E-state index in [2.05, 4.69) is 10.4 Å². The van der Waals surface area contributed by atoms with Crippen LogP contribution in [0, 0.1) is 5.82 Å². The molecule has 0 fully saturated rings. The third-order valence-corrected chi connectivity index (χ3v) is 4.22. The molecule has 0 atom stereocenters. The molecule has 7 nitrogen and oxygen atoms in total. The number of benzene rings is 2. The van der Waals surface area contributed by atoms with Crippen molar-refractivity contribution < 1.29 is 13.9 Å². The second kappa shape index (κ2) is 7.97. The Morgan fingerprint density at radius 3 is 2.69 bits per heavy atom. The summed E-state index contributed by atoms with van der Waals surface area (Å²) in [7, 11) is 0. The second-order valence-electron chi connectivity index (χ2n) is 6.36. The smallest absolute Gasteiger partial charge is 0.350 e. The van der Waals surface area contributed by atoms with Crippen LogP contribution < -0.4 is 15.7 Å². The van der Waals surface area contributed by atoms with Crippen LogP contribution in [-0.2, 0) is 11.3 Å². The van der Waals surface area contributed by atoms with E-state index in [1.807, 2.05) is 12.1 Å². The summed E-state index contributed by atoms with van der Waals surface area (Å²) in [5.74, 6) is -0.318. The van der Waals surface area contributed by atoms with Gasteiger partial charge < -0.3 is 10.1 Å². The molecule has 146 valence electrons. The lowest BCUT2D eigenvalue weighted by atomic mass is 10.2. The van der Waals surface area contributed by atoms with Crippen LogP contribution in [0.25, 0.3) is 5.65 Å². The predicted molar refractivity (Wildman–Crippen MR) is 106 cm³/mol. The number of nitrogens with one attached hydrogen (secondary N) is 1. The molecule has 8 heteroatoms. The maximum absolute atomic E-state index is 12.9. The van der Waals surface area contributed by atoms with Gasteiger partial charge in [-0.2, -0.15) is 0 Å². The van der Waals surface area contributed by atoms with Crippen LogP contribution in [0.3, 0.4) is 0 Å². The van der Waals surface area contributed by atoms with E-state index in [0.29, 0.717) is 17.1 Å². The van der Waals surface area contributed by atoms with Crippen LogP contribution >= 0.6 is 0 Å². The van der Waals surface area contributed by atoms with Crippen molar-refractivity contribution in [3.8, 4) is 5.75 Å². The number of carbonyl (C=O) groups excluding carboxylic acids is 1. The molecule has 2 aromatic carbocycles. The molecule has 2 aromatic heterocycles. The highest BCUT2D eigenvalue weighted by atomic mass is 19.1. The van der Waals surface area contributed by atoms with Crippen LogP contribution in [-0.4, -0.2) is 26.7 Å². The first kappa shape index (κ1) is 18.4. The van der Waals surface area contributed by atoms with Gasteiger partial charge in [0.15, 0.2) is 12.3 Å². The van der Waals surface area contributed by atoms with Gasteiger partial charge in [-0.3, -0.25) is 9.20 Å². The fourth-order valence-corrected chi connectivity index (χ4v) is 2.87. The van der Waals surface area contributed by atoms with E-state index in [1.165, 1.54) is 33.3 Å². The van der Waals surface area contributed by atoms with E-state index >= 15 is 0 Å². The molecule has 0 aliphatic rings. The molecule has 4 rings (SSSR count). The summed E-state index contributed by atoms with van der Waals surface area (Å²) >= 11 is 0. The van der Waals surface area contributed by atoms with Crippen molar-refractivity contribution in [2.75, 3.05) is 11.9 Å². The van der Waals surface area contributed by atoms with Crippen LogP contribution in [0.2, 0.25) is 0 Å². The zero-order valence-corrected chi connectivity index (χ0v) is 15.3. The predicted octanol–water partition coefficient (Wildman–Crippen LogP) is 2.70. The Kier molecular flexibility index (Phi) is 5.07. The number of fused-ring (bicyclic) bond motifs is 1. The van der Waals surface area contributed by atoms with Crippen molar-refractivity contribution in [1.29, 1.82) is 0 Å². The summed E-state index contributed by atoms with van der Waals surface area (Å²) in [6.45, 7) is 0.0675. The van der Waals surface area contributed by atoms with Gasteiger partial charge in [0.2, 0.25) is 0 Å². The average Bonchev–Trinajstić information content (AvgIpc) is 3.03. The van der Waals surface area contributed by atoms with Crippen molar-refractivity contribution in [3.63, 3.8) is 0 Å². The third kappa shape index (κ3) is 4.32. The topological polar surface area (TPSA) is 77.6 Å². The lowest BCUT2D eigenvalue weighted by Gasteiger charge is -2.09. The van der Waals surface area contributed by atoms with E-state index in [9.17, 15) is 14.0 Å². The molecule has 0 saturated carbocycles. The molecule has 0 spiro atoms. The quantitative estimate of drug-likeness (QED) is 0.547. The number of carbonyl (C=O) groups is 1. The molecule has 4 aromatic rings. The maximum Gasteiger partial charge on any atom is 0.350 e. The number of hydrogen-bond acceptors (Lipinski definition) is 4. The van der Waals surface area contributed by atoms with Gasteiger partial charge in [-0.15, -0.1) is 5.10 Å². The van der Waals surface area contributed by atoms with E-state index in [1.54, 1.807) is 36.5 Å². The molecule has 0 unspecified atom stereocenters. The summed E-state index contributed by atoms with van der Waals surface area (Å²) in [5.41, 5.74) is 1.72. The van der Waals surface area contributed by atoms with E-state index in [-0.39, 0.29) is 30.6 Å². The SMILES string of the molecule is O=C(COc1ccc(F)cc1)Nc1cccc(Cn2nc3ccccn3c2=O)c1. The molecule has 0 bridgehead atoms. The molecular formula is C21H17FN4O3. The van der Waals surface area contributed by atoms with Gasteiger partial charge in [-0.1, -0.05) is 18.2 Å². The van der Waals surface area contributed by atoms with Crippen LogP contribution in [0.4, 0.5) is 10.1 Å². The molecule has 0 aliphatic heterocycles. The summed E-state index contributed by atoms with van der Waals surface area (Å²) in [6, 6.07) is 17.9. The van der Waals surface area contributed by atoms with Crippen molar-refractivity contribution >= 4 is 17.2 Å². The standard InChI is InChI=1S/C21H17FN4O3/c22-16-7-9-18(10-8-16)29-14-20(27)23-17-5-3-4-15(12-17)13-26-21(28)25-11-2-1-6-19(25)24-26/h1-12H,13-14H2,(H,23,27). The number of rotatable bonds is 6. The van der Waals surface area contributed by atoms with Crippen LogP contribution in [0.5, 0.6) is 5.75 Å². The number of nitrogens with zero attached hydrogens (tertiary/aromatic N) is 3. The van der Waals surface area contributed by atoms with Gasteiger partial charge in [-0.05, 0) is 54.1 Å². The summed E-state index contributed by atoms with van der Waals surface area (Å²) in [4.78, 5) is 24.5. The minimum absolute atomic E-state index is 0.207. The van der Waals surface area contributed by atoms with E-state index in [4.69, 9.17) is 4.74 Å². The summed E-state index contributed by atoms with van der Waals surface area (Å²) in [5, 5.41) is 7.04. The summed E-state index contributed by atoms with van der Waals surface area (Å²) < 4.78 is 21.1. The number of amides is 1. The second-order valence-corrected chi connectivity index (χ2v) is 6.36. The molecule has 0 aliphatic carbocycles. The minimum atomic E-state index is -0.372. The molecule has 2 heterocycles. The molecule has 1 N–H and O–H groups in total. The Morgan fingerprint density at radius 2 is 1.90 bits per heavy atom. The largest absolute Gasteiger partial charge is 0.484 e. The monoisotopic (exact) mass is 392 g/mol. The zero-order valence-electron chi connectivity index (χ0n) is 15.3. The maximum atomic E-state index is 12.9. The Labute approximate surface area is 165 Å². The Hall–Kier alpha value is -3.94. The molecule has 0 saturated heterocycles. The normalized spacial score (nSPS) is 10.8. The number of halogens is 1. The lowest BCUT2D eigenvalue weighted by molar-refractivity contribution is -0.118. The van der Waals surface area contributed by atoms with Gasteiger partial charge in [0.05, 0.1) is 6.54 Å². The van der Waals surface area contributed by atoms with Gasteiger partial charge in [0, 0.05) is 11.9 Å². The third-order valence-electron chi connectivity index (χ3n) is 4.22. The number of anilines is 1. The van der Waals surface area contributed by atoms with Gasteiger partial charge in [0.1, 0.15) is 11.6 Å². The molecule has 29 heavy (non-hydrogen) atoms. The highest BCUT2D eigenvalue weighted by Crippen LogP contribution is 2.13. The first-order chi connectivity index (χ1) is 14.1. The summed E-state index contributed by atoms with van der Waals surface area (Å²) in [6.07, 6.45) is 1.67. The highest BCUT2D eigenvalue weighted by molar-refractivity contribution is 5.91. The minimum Gasteiger partial charge on any atom is -0.484 e. The Bertz CT molecular complexity index is 1210. The number of hydrogen-bond donors (Lipinski definition) is 1. The first-order valence-corrected chi connectivity index (χ1v) is 8.90. The van der Waals surface area contributed by atoms with Crippen molar-refractivity contribution in [1.82, 2.24) is 14.2 Å². The Morgan fingerprint density at radius 1 is 1.07 bits per heavy atom. The number of ether oxygens (including phenoxy) is 1. The lowest BCUT2D eigenvalue weighted by Crippen LogP contribution is -2.22. The molecule has 0 radical (unpaired) electrons. The van der Waals surface area contributed by atoms with Gasteiger partial charge in [-0.25, -0.2) is 13.9 Å². The van der Waals surface area contributed by atoms with E-state index in [0.717, 1.165) is 5.56 Å². The van der Waals surface area contributed by atoms with Gasteiger partial charge >= 0.3 is 5.69 Å². The fourth-order valence-electron chi connectivity index (χ4n) is 2.87. The number of aromatic nitrogens is 3. The van der Waals surface area contributed by atoms with E-state index < -0.39 is 0 Å². The molecule has 1 amide bonds. The molecular weight excluding hydrogens is 375 g/mol. The van der Waals surface area contributed by atoms with Gasteiger partial charge in [0.25, 0.3) is 5.91 Å². The highest BCUT2D eigenvalue weighted by Gasteiger charge is 2.08. The van der Waals surface area contributed by atoms with Crippen LogP contribution in [0.15, 0.2) is 77.7 Å². The van der Waals surface area contributed by atoms with Crippen molar-refractivity contribution in [2.24, 2.45) is 0 Å². The zero-order chi connectivity index (χ0) is 20.2. The number of pyridine rings is 1. The first-order valence-electron chi connectivity index (χ1n) is 8.90. The van der Waals surface area contributed by atoms with Crippen molar-refractivity contribution in [3.05, 3.63) is 94.8 Å². The Balaban J connectivity index is 1.41.